The number of pyridine rings is 1. The molecule has 2 rings (SSSR count). The van der Waals surface area contributed by atoms with Crippen molar-refractivity contribution in [1.82, 2.24) is 4.98 Å². The van der Waals surface area contributed by atoms with Crippen LogP contribution in [0.25, 0.3) is 11.1 Å². The van der Waals surface area contributed by atoms with Crippen molar-refractivity contribution in [2.24, 2.45) is 0 Å². The van der Waals surface area contributed by atoms with Crippen molar-refractivity contribution in [2.45, 2.75) is 13.0 Å². The van der Waals surface area contributed by atoms with Gasteiger partial charge in [0.25, 0.3) is 0 Å². The van der Waals surface area contributed by atoms with Gasteiger partial charge in [0.05, 0.1) is 5.02 Å². The summed E-state index contributed by atoms with van der Waals surface area (Å²) in [6.07, 6.45) is -0.337. The molecule has 0 spiro atoms. The minimum absolute atomic E-state index is 0.0136. The van der Waals surface area contributed by atoms with Crippen molar-refractivity contribution in [1.29, 1.82) is 0 Å². The molecule has 0 aliphatic heterocycles. The molecule has 23 heavy (non-hydrogen) atoms. The average Bonchev–Trinajstić information content (AvgIpc) is 2.49. The molecule has 7 heteroatoms. The molecule has 2 aromatic rings. The van der Waals surface area contributed by atoms with E-state index in [4.69, 9.17) is 16.7 Å². The van der Waals surface area contributed by atoms with Crippen LogP contribution in [0.5, 0.6) is 5.75 Å². The maximum Gasteiger partial charge on any atom is 0.419 e. The van der Waals surface area contributed by atoms with E-state index >= 15 is 0 Å². The van der Waals surface area contributed by atoms with Crippen LogP contribution in [0.1, 0.15) is 17.4 Å². The predicted octanol–water partition coefficient (Wildman–Crippen LogP) is 4.65. The number of benzene rings is 1. The molecule has 0 amide bonds. The molecule has 1 aromatic carbocycles. The van der Waals surface area contributed by atoms with E-state index in [-0.39, 0.29) is 16.5 Å². The lowest BCUT2D eigenvalue weighted by Gasteiger charge is -2.15. The number of ether oxygens (including phenoxy) is 1. The molecule has 0 radical (unpaired) electrons. The van der Waals surface area contributed by atoms with E-state index in [1.165, 1.54) is 43.5 Å². The van der Waals surface area contributed by atoms with Gasteiger partial charge in [-0.15, -0.1) is 0 Å². The Labute approximate surface area is 136 Å². The fourth-order valence-corrected chi connectivity index (χ4v) is 2.08. The van der Waals surface area contributed by atoms with Crippen LogP contribution in [0.4, 0.5) is 8.78 Å². The molecule has 0 fully saturated rings. The van der Waals surface area contributed by atoms with E-state index in [9.17, 15) is 13.6 Å². The zero-order valence-electron chi connectivity index (χ0n) is 12.0. The van der Waals surface area contributed by atoms with Crippen LogP contribution in [0.15, 0.2) is 48.7 Å². The van der Waals surface area contributed by atoms with Gasteiger partial charge in [-0.25, -0.2) is 9.78 Å². The zero-order chi connectivity index (χ0) is 17.0. The highest BCUT2D eigenvalue weighted by molar-refractivity contribution is 6.32. The molecular weight excluding hydrogens is 328 g/mol. The van der Waals surface area contributed by atoms with Crippen molar-refractivity contribution >= 4 is 17.6 Å². The summed E-state index contributed by atoms with van der Waals surface area (Å²) in [7, 11) is 0. The number of carboxylic acids is 1. The maximum atomic E-state index is 13.4. The van der Waals surface area contributed by atoms with Gasteiger partial charge in [-0.1, -0.05) is 23.7 Å². The number of carbonyl (C=O) groups is 1. The van der Waals surface area contributed by atoms with E-state index in [1.807, 2.05) is 0 Å². The smallest absolute Gasteiger partial charge is 0.419 e. The minimum atomic E-state index is -3.47. The summed E-state index contributed by atoms with van der Waals surface area (Å²) in [5, 5.41) is 8.92. The largest absolute Gasteiger partial charge is 0.477 e. The monoisotopic (exact) mass is 339 g/mol. The van der Waals surface area contributed by atoms with Gasteiger partial charge in [0.15, 0.2) is 0 Å². The van der Waals surface area contributed by atoms with Crippen LogP contribution in [-0.4, -0.2) is 22.2 Å². The first-order valence-corrected chi connectivity index (χ1v) is 6.90. The van der Waals surface area contributed by atoms with E-state index in [0.717, 1.165) is 0 Å². The van der Waals surface area contributed by atoms with Gasteiger partial charge in [-0.2, -0.15) is 8.78 Å². The number of hydrogen-bond acceptors (Lipinski definition) is 3. The molecule has 1 aromatic heterocycles. The second-order valence-corrected chi connectivity index (χ2v) is 4.95. The number of halogens is 3. The van der Waals surface area contributed by atoms with Crippen LogP contribution in [0, 0.1) is 0 Å². The Bertz CT molecular complexity index is 763. The topological polar surface area (TPSA) is 59.4 Å². The summed E-state index contributed by atoms with van der Waals surface area (Å²) in [4.78, 5) is 14.6. The molecule has 0 aliphatic carbocycles. The Morgan fingerprint density at radius 2 is 2.00 bits per heavy atom. The summed E-state index contributed by atoms with van der Waals surface area (Å²) >= 11 is 5.97. The van der Waals surface area contributed by atoms with Gasteiger partial charge in [0.1, 0.15) is 11.4 Å². The molecular formula is C16H12ClF2NO3. The number of carboxylic acid groups (broad SMARTS) is 1. The third-order valence-electron chi connectivity index (χ3n) is 2.85. The van der Waals surface area contributed by atoms with Crippen molar-refractivity contribution in [3.05, 3.63) is 59.4 Å². The van der Waals surface area contributed by atoms with E-state index in [1.54, 1.807) is 6.07 Å². The first-order valence-electron chi connectivity index (χ1n) is 6.52. The zero-order valence-corrected chi connectivity index (χ0v) is 12.7. The molecule has 0 saturated carbocycles. The molecule has 0 bridgehead atoms. The lowest BCUT2D eigenvalue weighted by Crippen LogP contribution is -2.21. The van der Waals surface area contributed by atoms with Crippen molar-refractivity contribution in [2.75, 3.05) is 0 Å². The first-order chi connectivity index (χ1) is 10.8. The fourth-order valence-electron chi connectivity index (χ4n) is 1.86. The van der Waals surface area contributed by atoms with E-state index in [0.29, 0.717) is 17.2 Å². The summed E-state index contributed by atoms with van der Waals surface area (Å²) in [5.41, 5.74) is 0.978. The third-order valence-corrected chi connectivity index (χ3v) is 3.15. The molecule has 120 valence electrons. The fraction of sp³-hybridized carbons (Fsp3) is 0.125. The standard InChI is InChI=1S/C16H12ClF2NO3/c1-2-6-16(18,19)23-14-4-3-10(8-12(14)17)11-5-7-20-13(9-11)15(21)22/h2-9H,1H3,(H,21,22). The highest BCUT2D eigenvalue weighted by Crippen LogP contribution is 2.33. The van der Waals surface area contributed by atoms with E-state index in [2.05, 4.69) is 9.72 Å². The second-order valence-electron chi connectivity index (χ2n) is 4.54. The van der Waals surface area contributed by atoms with Crippen LogP contribution in [-0.2, 0) is 0 Å². The number of nitrogens with zero attached hydrogens (tertiary/aromatic N) is 1. The van der Waals surface area contributed by atoms with Crippen LogP contribution in [0.3, 0.4) is 0 Å². The number of aromatic nitrogens is 1. The van der Waals surface area contributed by atoms with Gasteiger partial charge in [0.2, 0.25) is 0 Å². The SMILES string of the molecule is CC=CC(F)(F)Oc1ccc(-c2ccnc(C(=O)O)c2)cc1Cl. The lowest BCUT2D eigenvalue weighted by molar-refractivity contribution is -0.131. The highest BCUT2D eigenvalue weighted by atomic mass is 35.5. The van der Waals surface area contributed by atoms with Crippen LogP contribution in [0.2, 0.25) is 5.02 Å². The number of hydrogen-bond donors (Lipinski definition) is 1. The van der Waals surface area contributed by atoms with Gasteiger partial charge in [-0.3, -0.25) is 0 Å². The Kier molecular flexibility index (Phi) is 4.95. The lowest BCUT2D eigenvalue weighted by atomic mass is 10.1. The molecule has 0 atom stereocenters. The summed E-state index contributed by atoms with van der Waals surface area (Å²) in [5.74, 6) is -1.34. The first kappa shape index (κ1) is 16.9. The Balaban J connectivity index is 2.32. The normalized spacial score (nSPS) is 11.7. The number of aromatic carboxylic acids is 1. The second kappa shape index (κ2) is 6.75. The predicted molar refractivity (Wildman–Crippen MR) is 82.0 cm³/mol. The minimum Gasteiger partial charge on any atom is -0.477 e. The van der Waals surface area contributed by atoms with Crippen molar-refractivity contribution in [3.8, 4) is 16.9 Å². The summed E-state index contributed by atoms with van der Waals surface area (Å²) in [6.45, 7) is 1.45. The molecule has 1 heterocycles. The highest BCUT2D eigenvalue weighted by Gasteiger charge is 2.28. The van der Waals surface area contributed by atoms with Gasteiger partial charge < -0.3 is 9.84 Å². The Hall–Kier alpha value is -2.47. The number of allylic oxidation sites excluding steroid dienone is 1. The van der Waals surface area contributed by atoms with Crippen molar-refractivity contribution in [3.63, 3.8) is 0 Å². The van der Waals surface area contributed by atoms with Gasteiger partial charge in [-0.05, 0) is 42.3 Å². The quantitative estimate of drug-likeness (QED) is 0.806. The van der Waals surface area contributed by atoms with Crippen LogP contribution < -0.4 is 4.74 Å². The molecule has 4 nitrogen and oxygen atoms in total. The molecule has 0 saturated heterocycles. The van der Waals surface area contributed by atoms with Crippen molar-refractivity contribution < 1.29 is 23.4 Å². The van der Waals surface area contributed by atoms with Gasteiger partial charge >= 0.3 is 12.1 Å². The number of alkyl halides is 2. The maximum absolute atomic E-state index is 13.4. The number of rotatable bonds is 5. The molecule has 0 aliphatic rings. The van der Waals surface area contributed by atoms with Gasteiger partial charge in [0, 0.05) is 12.3 Å². The van der Waals surface area contributed by atoms with E-state index < -0.39 is 12.1 Å². The third kappa shape index (κ3) is 4.26. The summed E-state index contributed by atoms with van der Waals surface area (Å²) in [6, 6.07) is 7.18. The summed E-state index contributed by atoms with van der Waals surface area (Å²) < 4.78 is 31.4. The Morgan fingerprint density at radius 3 is 2.61 bits per heavy atom. The molecule has 0 unspecified atom stereocenters. The van der Waals surface area contributed by atoms with Crippen LogP contribution >= 0.6 is 11.6 Å². The molecule has 1 N–H and O–H groups in total. The average molecular weight is 340 g/mol. The Morgan fingerprint density at radius 1 is 1.30 bits per heavy atom.